The Balaban J connectivity index is 1.47. The van der Waals surface area contributed by atoms with Crippen LogP contribution in [0.3, 0.4) is 0 Å². The van der Waals surface area contributed by atoms with Gasteiger partial charge in [-0.2, -0.15) is 0 Å². The number of nitrogens with one attached hydrogen (secondary N) is 1. The largest absolute Gasteiger partial charge is 0.371 e. The number of likely N-dealkylation sites (tertiary alicyclic amines) is 1. The van der Waals surface area contributed by atoms with Gasteiger partial charge in [-0.1, -0.05) is 20.3 Å². The summed E-state index contributed by atoms with van der Waals surface area (Å²) >= 11 is 0. The van der Waals surface area contributed by atoms with Crippen molar-refractivity contribution in [2.75, 3.05) is 37.6 Å². The fourth-order valence-corrected chi connectivity index (χ4v) is 4.22. The molecule has 3 rings (SSSR count). The summed E-state index contributed by atoms with van der Waals surface area (Å²) in [5.74, 6) is 1.05. The van der Waals surface area contributed by atoms with Crippen LogP contribution >= 0.6 is 0 Å². The number of hydrogen-bond donors (Lipinski definition) is 1. The number of carbonyl (C=O) groups is 1. The fourth-order valence-electron chi connectivity index (χ4n) is 4.22. The van der Waals surface area contributed by atoms with Crippen LogP contribution in [-0.4, -0.2) is 49.6 Å². The molecule has 5 heteroatoms. The Labute approximate surface area is 156 Å². The zero-order valence-corrected chi connectivity index (χ0v) is 16.1. The topological polar surface area (TPSA) is 35.6 Å². The Bertz CT molecular complexity index is 589. The molecule has 1 aromatic carbocycles. The number of hydrogen-bond acceptors (Lipinski definition) is 3. The van der Waals surface area contributed by atoms with Gasteiger partial charge in [0.2, 0.25) is 5.91 Å². The predicted octanol–water partition coefficient (Wildman–Crippen LogP) is 3.28. The molecule has 2 fully saturated rings. The van der Waals surface area contributed by atoms with Crippen molar-refractivity contribution in [2.45, 2.75) is 45.6 Å². The van der Waals surface area contributed by atoms with Gasteiger partial charge in [-0.15, -0.1) is 0 Å². The molecule has 0 radical (unpaired) electrons. The van der Waals surface area contributed by atoms with Gasteiger partial charge in [0.25, 0.3) is 0 Å². The first-order chi connectivity index (χ1) is 12.5. The molecule has 2 saturated heterocycles. The van der Waals surface area contributed by atoms with E-state index in [1.807, 2.05) is 12.1 Å². The van der Waals surface area contributed by atoms with E-state index in [0.29, 0.717) is 11.8 Å². The molecular weight excluding hydrogens is 329 g/mol. The van der Waals surface area contributed by atoms with Gasteiger partial charge in [0, 0.05) is 31.9 Å². The highest BCUT2D eigenvalue weighted by Gasteiger charge is 2.30. The van der Waals surface area contributed by atoms with Gasteiger partial charge in [-0.05, 0) is 61.9 Å². The number of halogens is 1. The third kappa shape index (κ3) is 4.97. The molecule has 2 heterocycles. The molecule has 1 amide bonds. The van der Waals surface area contributed by atoms with Crippen LogP contribution in [0.2, 0.25) is 0 Å². The Morgan fingerprint density at radius 2 is 1.96 bits per heavy atom. The van der Waals surface area contributed by atoms with Gasteiger partial charge in [0.05, 0.1) is 6.04 Å². The summed E-state index contributed by atoms with van der Waals surface area (Å²) in [5.41, 5.74) is 1.07. The number of amides is 1. The predicted molar refractivity (Wildman–Crippen MR) is 104 cm³/mol. The molecule has 0 saturated carbocycles. The highest BCUT2D eigenvalue weighted by Crippen LogP contribution is 2.24. The average Bonchev–Trinajstić information content (AvgIpc) is 3.09. The maximum atomic E-state index is 13.1. The lowest BCUT2D eigenvalue weighted by Crippen LogP contribution is -2.51. The highest BCUT2D eigenvalue weighted by molar-refractivity contribution is 5.81. The maximum Gasteiger partial charge on any atom is 0.237 e. The summed E-state index contributed by atoms with van der Waals surface area (Å²) in [6, 6.07) is 6.73. The van der Waals surface area contributed by atoms with Crippen LogP contribution < -0.4 is 10.2 Å². The minimum Gasteiger partial charge on any atom is -0.371 e. The van der Waals surface area contributed by atoms with Gasteiger partial charge < -0.3 is 10.2 Å². The van der Waals surface area contributed by atoms with Crippen LogP contribution in [-0.2, 0) is 4.79 Å². The minimum absolute atomic E-state index is 0.0424. The molecule has 2 aliphatic rings. The third-order valence-corrected chi connectivity index (χ3v) is 5.56. The highest BCUT2D eigenvalue weighted by atomic mass is 19.1. The SMILES string of the molecule is CC(C)CN1CCCC[C@@H]1C(=O)NC[C@@H]1CCN(c2ccc(F)cc2)C1. The normalized spacial score (nSPS) is 24.2. The Morgan fingerprint density at radius 1 is 1.19 bits per heavy atom. The second-order valence-electron chi connectivity index (χ2n) is 8.22. The molecule has 2 atom stereocenters. The van der Waals surface area contributed by atoms with Crippen molar-refractivity contribution in [3.05, 3.63) is 30.1 Å². The van der Waals surface area contributed by atoms with E-state index in [4.69, 9.17) is 0 Å². The lowest BCUT2D eigenvalue weighted by Gasteiger charge is -2.35. The number of rotatable bonds is 6. The van der Waals surface area contributed by atoms with Crippen molar-refractivity contribution in [3.63, 3.8) is 0 Å². The first kappa shape index (κ1) is 19.2. The second-order valence-corrected chi connectivity index (χ2v) is 8.22. The van der Waals surface area contributed by atoms with E-state index in [1.54, 1.807) is 0 Å². The van der Waals surface area contributed by atoms with Crippen LogP contribution in [0.5, 0.6) is 0 Å². The minimum atomic E-state index is -0.199. The molecule has 4 nitrogen and oxygen atoms in total. The fraction of sp³-hybridized carbons (Fsp3) is 0.667. The summed E-state index contributed by atoms with van der Waals surface area (Å²) < 4.78 is 13.1. The zero-order chi connectivity index (χ0) is 18.5. The molecule has 0 bridgehead atoms. The summed E-state index contributed by atoms with van der Waals surface area (Å²) in [5, 5.41) is 3.21. The van der Waals surface area contributed by atoms with E-state index >= 15 is 0 Å². The van der Waals surface area contributed by atoms with Crippen molar-refractivity contribution < 1.29 is 9.18 Å². The van der Waals surface area contributed by atoms with E-state index in [2.05, 4.69) is 29.0 Å². The Hall–Kier alpha value is -1.62. The van der Waals surface area contributed by atoms with Gasteiger partial charge in [-0.3, -0.25) is 9.69 Å². The quantitative estimate of drug-likeness (QED) is 0.845. The van der Waals surface area contributed by atoms with E-state index in [-0.39, 0.29) is 17.8 Å². The molecule has 1 aromatic rings. The molecule has 26 heavy (non-hydrogen) atoms. The van der Waals surface area contributed by atoms with Crippen molar-refractivity contribution in [1.82, 2.24) is 10.2 Å². The van der Waals surface area contributed by atoms with Crippen LogP contribution in [0.15, 0.2) is 24.3 Å². The lowest BCUT2D eigenvalue weighted by molar-refractivity contribution is -0.128. The molecule has 0 spiro atoms. The summed E-state index contributed by atoms with van der Waals surface area (Å²) in [7, 11) is 0. The van der Waals surface area contributed by atoms with Crippen LogP contribution in [0.4, 0.5) is 10.1 Å². The van der Waals surface area contributed by atoms with Gasteiger partial charge in [0.1, 0.15) is 5.82 Å². The first-order valence-electron chi connectivity index (χ1n) is 10.0. The Kier molecular flexibility index (Phi) is 6.52. The zero-order valence-electron chi connectivity index (χ0n) is 16.1. The standard InChI is InChI=1S/C21H32FN3O/c1-16(2)14-25-11-4-3-5-20(25)21(26)23-13-17-10-12-24(15-17)19-8-6-18(22)7-9-19/h6-9,16-17,20H,3-5,10-15H2,1-2H3,(H,23,26)/t17-,20+/m0/s1. The summed E-state index contributed by atoms with van der Waals surface area (Å²) in [6.45, 7) is 9.10. The van der Waals surface area contributed by atoms with E-state index in [0.717, 1.165) is 57.7 Å². The van der Waals surface area contributed by atoms with Crippen molar-refractivity contribution in [3.8, 4) is 0 Å². The van der Waals surface area contributed by atoms with E-state index < -0.39 is 0 Å². The number of benzene rings is 1. The van der Waals surface area contributed by atoms with Crippen molar-refractivity contribution in [2.24, 2.45) is 11.8 Å². The monoisotopic (exact) mass is 361 g/mol. The number of anilines is 1. The van der Waals surface area contributed by atoms with E-state index in [9.17, 15) is 9.18 Å². The Morgan fingerprint density at radius 3 is 2.69 bits per heavy atom. The smallest absolute Gasteiger partial charge is 0.237 e. The van der Waals surface area contributed by atoms with Gasteiger partial charge in [0.15, 0.2) is 0 Å². The van der Waals surface area contributed by atoms with Crippen molar-refractivity contribution in [1.29, 1.82) is 0 Å². The molecular formula is C21H32FN3O. The average molecular weight is 362 g/mol. The summed E-state index contributed by atoms with van der Waals surface area (Å²) in [4.78, 5) is 17.4. The third-order valence-electron chi connectivity index (χ3n) is 5.56. The number of piperidine rings is 1. The molecule has 0 unspecified atom stereocenters. The number of nitrogens with zero attached hydrogens (tertiary/aromatic N) is 2. The van der Waals surface area contributed by atoms with Crippen LogP contribution in [0.1, 0.15) is 39.5 Å². The lowest BCUT2D eigenvalue weighted by atomic mass is 9.99. The van der Waals surface area contributed by atoms with Crippen LogP contribution in [0, 0.1) is 17.7 Å². The molecule has 1 N–H and O–H groups in total. The maximum absolute atomic E-state index is 13.1. The number of carbonyl (C=O) groups excluding carboxylic acids is 1. The van der Waals surface area contributed by atoms with Gasteiger partial charge in [-0.25, -0.2) is 4.39 Å². The molecule has 0 aliphatic carbocycles. The van der Waals surface area contributed by atoms with E-state index in [1.165, 1.54) is 18.6 Å². The molecule has 2 aliphatic heterocycles. The van der Waals surface area contributed by atoms with Crippen molar-refractivity contribution >= 4 is 11.6 Å². The first-order valence-corrected chi connectivity index (χ1v) is 10.0. The van der Waals surface area contributed by atoms with Crippen LogP contribution in [0.25, 0.3) is 0 Å². The summed E-state index contributed by atoms with van der Waals surface area (Å²) in [6.07, 6.45) is 4.39. The second kappa shape index (κ2) is 8.85. The molecule has 144 valence electrons. The van der Waals surface area contributed by atoms with Gasteiger partial charge >= 0.3 is 0 Å². The molecule has 0 aromatic heterocycles.